The second-order valence-electron chi connectivity index (χ2n) is 16.9. The molecule has 3 heterocycles. The molecule has 1 saturated carbocycles. The fraction of sp³-hybridized carbons (Fsp3) is 0.651. The maximum absolute atomic E-state index is 13.7. The standard InChI is InChI=1S/C43H60ClN3O6S/c1-30-9-6-20-43(53-24-23-51-3,21-8-12-36-11-4-5-22-45-36)38-16-13-34(38)27-47-28-42(19-7-10-32-25-35(44)15-17-37(32)42)29-52-40-18-14-33(26-39(40)47)41(48)46-54(49,50)31(30)2/h6,14-15,17-18,20,25-26,30-31,34,36,38,45H,4-5,7-13,16,19,21-24,27-29H2,1-3H3,(H,46,48)/b20-6+/t30-,31+,34-,36+,38+,42-,43+/m0/s1. The molecule has 2 fully saturated rings. The van der Waals surface area contributed by atoms with Gasteiger partial charge in [0.15, 0.2) is 0 Å². The molecule has 7 atom stereocenters. The van der Waals surface area contributed by atoms with Gasteiger partial charge < -0.3 is 24.4 Å². The second-order valence-corrected chi connectivity index (χ2v) is 19.3. The number of carbonyl (C=O) groups excluding carboxylic acids is 1. The van der Waals surface area contributed by atoms with E-state index in [0.29, 0.717) is 49.5 Å². The number of rotatable bonds is 8. The van der Waals surface area contributed by atoms with Crippen LogP contribution in [0.5, 0.6) is 5.75 Å². The molecule has 9 nitrogen and oxygen atoms in total. The molecule has 1 spiro atoms. The van der Waals surface area contributed by atoms with Crippen LogP contribution in [0.1, 0.15) is 106 Å². The highest BCUT2D eigenvalue weighted by atomic mass is 35.5. The van der Waals surface area contributed by atoms with Crippen molar-refractivity contribution in [2.45, 2.75) is 113 Å². The number of hydrogen-bond acceptors (Lipinski definition) is 8. The van der Waals surface area contributed by atoms with Gasteiger partial charge in [-0.15, -0.1) is 0 Å². The van der Waals surface area contributed by atoms with Crippen molar-refractivity contribution < 1.29 is 27.4 Å². The number of fused-ring (bicyclic) bond motifs is 4. The number of hydrogen-bond donors (Lipinski definition) is 2. The predicted octanol–water partition coefficient (Wildman–Crippen LogP) is 7.60. The van der Waals surface area contributed by atoms with Gasteiger partial charge >= 0.3 is 0 Å². The highest BCUT2D eigenvalue weighted by molar-refractivity contribution is 7.90. The molecule has 2 aromatic carbocycles. The summed E-state index contributed by atoms with van der Waals surface area (Å²) in [5.41, 5.74) is 2.92. The lowest BCUT2D eigenvalue weighted by molar-refractivity contribution is -0.113. The third kappa shape index (κ3) is 8.38. The van der Waals surface area contributed by atoms with E-state index < -0.39 is 26.8 Å². The number of ether oxygens (including phenoxy) is 3. The van der Waals surface area contributed by atoms with Gasteiger partial charge in [0.05, 0.1) is 36.4 Å². The van der Waals surface area contributed by atoms with E-state index in [0.717, 1.165) is 81.7 Å². The van der Waals surface area contributed by atoms with E-state index in [1.54, 1.807) is 20.1 Å². The van der Waals surface area contributed by atoms with Crippen LogP contribution in [0.25, 0.3) is 0 Å². The van der Waals surface area contributed by atoms with Crippen LogP contribution in [0.3, 0.4) is 0 Å². The number of piperidine rings is 1. The zero-order chi connectivity index (χ0) is 37.9. The Morgan fingerprint density at radius 1 is 1.06 bits per heavy atom. The van der Waals surface area contributed by atoms with Gasteiger partial charge in [0.1, 0.15) is 5.75 Å². The number of benzene rings is 2. The molecule has 1 saturated heterocycles. The van der Waals surface area contributed by atoms with E-state index in [1.165, 1.54) is 30.4 Å². The smallest absolute Gasteiger partial charge is 0.264 e. The summed E-state index contributed by atoms with van der Waals surface area (Å²) >= 11 is 6.52. The Labute approximate surface area is 328 Å². The van der Waals surface area contributed by atoms with Crippen LogP contribution in [-0.2, 0) is 31.3 Å². The van der Waals surface area contributed by atoms with Crippen LogP contribution in [0.15, 0.2) is 48.6 Å². The number of nitrogens with zero attached hydrogens (tertiary/aromatic N) is 1. The maximum atomic E-state index is 13.7. The fourth-order valence-electron chi connectivity index (χ4n) is 9.96. The predicted molar refractivity (Wildman–Crippen MR) is 215 cm³/mol. The van der Waals surface area contributed by atoms with Crippen molar-refractivity contribution in [1.29, 1.82) is 0 Å². The second kappa shape index (κ2) is 16.8. The summed E-state index contributed by atoms with van der Waals surface area (Å²) in [4.78, 5) is 16.1. The van der Waals surface area contributed by atoms with E-state index in [2.05, 4.69) is 39.2 Å². The number of aryl methyl sites for hydroxylation is 1. The quantitative estimate of drug-likeness (QED) is 0.209. The van der Waals surface area contributed by atoms with Crippen molar-refractivity contribution in [2.24, 2.45) is 17.8 Å². The van der Waals surface area contributed by atoms with Crippen molar-refractivity contribution in [1.82, 2.24) is 10.0 Å². The molecule has 2 bridgehead atoms. The summed E-state index contributed by atoms with van der Waals surface area (Å²) in [6.07, 6.45) is 16.9. The van der Waals surface area contributed by atoms with Crippen molar-refractivity contribution >= 4 is 33.2 Å². The molecule has 2 N–H and O–H groups in total. The lowest BCUT2D eigenvalue weighted by Gasteiger charge is -2.51. The molecular formula is C43H60ClN3O6S. The van der Waals surface area contributed by atoms with Gasteiger partial charge in [-0.25, -0.2) is 13.1 Å². The highest BCUT2D eigenvalue weighted by Crippen LogP contribution is 2.50. The van der Waals surface area contributed by atoms with Gasteiger partial charge in [-0.3, -0.25) is 4.79 Å². The fourth-order valence-corrected chi connectivity index (χ4v) is 11.4. The minimum Gasteiger partial charge on any atom is -0.490 e. The largest absolute Gasteiger partial charge is 0.490 e. The molecule has 5 aliphatic rings. The lowest BCUT2D eigenvalue weighted by atomic mass is 9.62. The van der Waals surface area contributed by atoms with Gasteiger partial charge in [-0.1, -0.05) is 43.2 Å². The number of halogens is 1. The monoisotopic (exact) mass is 781 g/mol. The number of carbonyl (C=O) groups is 1. The molecule has 11 heteroatoms. The molecule has 0 unspecified atom stereocenters. The van der Waals surface area contributed by atoms with E-state index in [4.69, 9.17) is 25.8 Å². The maximum Gasteiger partial charge on any atom is 0.264 e. The molecular weight excluding hydrogens is 722 g/mol. The van der Waals surface area contributed by atoms with Crippen LogP contribution in [0.4, 0.5) is 5.69 Å². The normalized spacial score (nSPS) is 33.0. The Morgan fingerprint density at radius 3 is 2.70 bits per heavy atom. The third-order valence-corrected chi connectivity index (χ3v) is 15.6. The third-order valence-electron chi connectivity index (χ3n) is 13.4. The van der Waals surface area contributed by atoms with E-state index in [-0.39, 0.29) is 17.3 Å². The zero-order valence-electron chi connectivity index (χ0n) is 32.4. The van der Waals surface area contributed by atoms with Crippen molar-refractivity contribution in [3.8, 4) is 5.75 Å². The van der Waals surface area contributed by atoms with Crippen LogP contribution >= 0.6 is 11.6 Å². The van der Waals surface area contributed by atoms with Crippen molar-refractivity contribution in [3.05, 3.63) is 70.3 Å². The summed E-state index contributed by atoms with van der Waals surface area (Å²) in [6.45, 7) is 7.73. The van der Waals surface area contributed by atoms with Crippen LogP contribution in [-0.4, -0.2) is 77.8 Å². The minimum atomic E-state index is -3.96. The number of nitrogens with one attached hydrogen (secondary N) is 2. The topological polar surface area (TPSA) is 106 Å². The molecule has 1 amide bonds. The first kappa shape index (κ1) is 39.6. The van der Waals surface area contributed by atoms with Crippen molar-refractivity contribution in [2.75, 3.05) is 51.5 Å². The number of sulfonamides is 1. The van der Waals surface area contributed by atoms with Gasteiger partial charge in [-0.05, 0) is 143 Å². The summed E-state index contributed by atoms with van der Waals surface area (Å²) < 4.78 is 49.0. The summed E-state index contributed by atoms with van der Waals surface area (Å²) in [5, 5.41) is 3.70. The van der Waals surface area contributed by atoms with Gasteiger partial charge in [0.25, 0.3) is 5.91 Å². The Hall–Kier alpha value is -2.63. The van der Waals surface area contributed by atoms with Crippen molar-refractivity contribution in [3.63, 3.8) is 0 Å². The Kier molecular flexibility index (Phi) is 12.4. The highest BCUT2D eigenvalue weighted by Gasteiger charge is 2.49. The number of allylic oxidation sites excluding steroid dienone is 1. The molecule has 2 aliphatic carbocycles. The first-order valence-electron chi connectivity index (χ1n) is 20.4. The first-order valence-corrected chi connectivity index (χ1v) is 22.4. The summed E-state index contributed by atoms with van der Waals surface area (Å²) in [5.74, 6) is 0.481. The Balaban J connectivity index is 1.29. The molecule has 54 heavy (non-hydrogen) atoms. The van der Waals surface area contributed by atoms with E-state index >= 15 is 0 Å². The van der Waals surface area contributed by atoms with Gasteiger partial charge in [0, 0.05) is 42.2 Å². The SMILES string of the molecule is COCCO[C@@]1(CCC[C@H]2CCCCN2)/C=C/C[C@H](C)[C@@H](C)S(=O)(=O)NC(=O)c2ccc3c(c2)N(C[C@@H]2CC[C@H]21)C[C@@]1(CCCc2cc(Cl)ccc21)CO3. The van der Waals surface area contributed by atoms with E-state index in [1.807, 2.05) is 25.1 Å². The molecule has 2 aromatic rings. The molecule has 3 aliphatic heterocycles. The number of methoxy groups -OCH3 is 1. The number of anilines is 1. The van der Waals surface area contributed by atoms with Crippen LogP contribution < -0.4 is 19.7 Å². The Bertz CT molecular complexity index is 1780. The minimum absolute atomic E-state index is 0.222. The Morgan fingerprint density at radius 2 is 1.93 bits per heavy atom. The number of amides is 1. The molecule has 296 valence electrons. The molecule has 0 radical (unpaired) electrons. The zero-order valence-corrected chi connectivity index (χ0v) is 34.0. The summed E-state index contributed by atoms with van der Waals surface area (Å²) in [7, 11) is -2.25. The van der Waals surface area contributed by atoms with Crippen LogP contribution in [0.2, 0.25) is 5.02 Å². The summed E-state index contributed by atoms with van der Waals surface area (Å²) in [6, 6.07) is 12.2. The average molecular weight is 782 g/mol. The van der Waals surface area contributed by atoms with E-state index in [9.17, 15) is 13.2 Å². The lowest BCUT2D eigenvalue weighted by Crippen LogP contribution is -2.53. The molecule has 0 aromatic heterocycles. The van der Waals surface area contributed by atoms with Gasteiger partial charge in [-0.2, -0.15) is 0 Å². The average Bonchev–Trinajstić information content (AvgIpc) is 3.29. The first-order chi connectivity index (χ1) is 26.0. The molecule has 7 rings (SSSR count). The van der Waals surface area contributed by atoms with Crippen LogP contribution in [0, 0.1) is 17.8 Å². The van der Waals surface area contributed by atoms with Gasteiger partial charge in [0.2, 0.25) is 10.0 Å².